The Morgan fingerprint density at radius 1 is 1.50 bits per heavy atom. The number of piperidine rings is 1. The summed E-state index contributed by atoms with van der Waals surface area (Å²) in [5.74, 6) is -0.244. The molecule has 1 saturated heterocycles. The third kappa shape index (κ3) is 2.46. The van der Waals surface area contributed by atoms with Gasteiger partial charge in [-0.15, -0.1) is 0 Å². The van der Waals surface area contributed by atoms with Gasteiger partial charge in [0.2, 0.25) is 0 Å². The minimum Gasteiger partial charge on any atom is -0.388 e. The third-order valence-electron chi connectivity index (χ3n) is 3.26. The lowest BCUT2D eigenvalue weighted by Gasteiger charge is -2.39. The number of hydrogen-bond acceptors (Lipinski definition) is 3. The van der Waals surface area contributed by atoms with Crippen molar-refractivity contribution in [2.24, 2.45) is 5.92 Å². The molecule has 0 aromatic rings. The van der Waals surface area contributed by atoms with Crippen LogP contribution in [0, 0.1) is 17.2 Å². The Balaban J connectivity index is 2.45. The van der Waals surface area contributed by atoms with Gasteiger partial charge in [-0.1, -0.05) is 6.92 Å². The molecule has 1 rings (SSSR count). The van der Waals surface area contributed by atoms with E-state index in [1.165, 1.54) is 0 Å². The smallest absolute Gasteiger partial charge is 0.0826 e. The SMILES string of the molecule is CCCN1CCC(O)(C(C)C#N)CC1. The summed E-state index contributed by atoms with van der Waals surface area (Å²) in [6.45, 7) is 6.94. The van der Waals surface area contributed by atoms with Crippen LogP contribution in [0.5, 0.6) is 0 Å². The minimum absolute atomic E-state index is 0.244. The van der Waals surface area contributed by atoms with E-state index in [4.69, 9.17) is 5.26 Å². The fourth-order valence-electron chi connectivity index (χ4n) is 2.03. The van der Waals surface area contributed by atoms with Crippen molar-refractivity contribution in [2.75, 3.05) is 19.6 Å². The summed E-state index contributed by atoms with van der Waals surface area (Å²) in [7, 11) is 0. The molecule has 0 amide bonds. The van der Waals surface area contributed by atoms with Crippen molar-refractivity contribution < 1.29 is 5.11 Å². The highest BCUT2D eigenvalue weighted by atomic mass is 16.3. The molecule has 0 radical (unpaired) electrons. The summed E-state index contributed by atoms with van der Waals surface area (Å²) in [5.41, 5.74) is -0.737. The molecule has 0 spiro atoms. The van der Waals surface area contributed by atoms with Crippen molar-refractivity contribution >= 4 is 0 Å². The Labute approximate surface area is 86.3 Å². The van der Waals surface area contributed by atoms with Gasteiger partial charge in [0.25, 0.3) is 0 Å². The van der Waals surface area contributed by atoms with Crippen LogP contribution in [-0.2, 0) is 0 Å². The molecule has 80 valence electrons. The fraction of sp³-hybridized carbons (Fsp3) is 0.909. The van der Waals surface area contributed by atoms with Crippen LogP contribution >= 0.6 is 0 Å². The van der Waals surface area contributed by atoms with Gasteiger partial charge in [0.15, 0.2) is 0 Å². The topological polar surface area (TPSA) is 47.3 Å². The molecule has 0 aromatic carbocycles. The maximum atomic E-state index is 10.2. The highest BCUT2D eigenvalue weighted by Crippen LogP contribution is 2.29. The molecule has 3 nitrogen and oxygen atoms in total. The molecule has 1 aliphatic heterocycles. The average Bonchev–Trinajstić information content (AvgIpc) is 2.21. The second kappa shape index (κ2) is 4.77. The van der Waals surface area contributed by atoms with Gasteiger partial charge in [0.05, 0.1) is 17.6 Å². The molecule has 0 saturated carbocycles. The molecule has 0 bridgehead atoms. The molecule has 3 heteroatoms. The van der Waals surface area contributed by atoms with Gasteiger partial charge >= 0.3 is 0 Å². The first-order chi connectivity index (χ1) is 6.62. The average molecular weight is 196 g/mol. The summed E-state index contributed by atoms with van der Waals surface area (Å²) < 4.78 is 0. The van der Waals surface area contributed by atoms with Gasteiger partial charge in [-0.25, -0.2) is 0 Å². The van der Waals surface area contributed by atoms with Crippen molar-refractivity contribution in [3.63, 3.8) is 0 Å². The predicted octanol–water partition coefficient (Wildman–Crippen LogP) is 1.38. The van der Waals surface area contributed by atoms with Crippen molar-refractivity contribution in [2.45, 2.75) is 38.7 Å². The minimum atomic E-state index is -0.737. The van der Waals surface area contributed by atoms with Crippen molar-refractivity contribution in [3.05, 3.63) is 0 Å². The molecule has 0 aromatic heterocycles. The number of nitriles is 1. The molecule has 1 atom stereocenters. The van der Waals surface area contributed by atoms with Crippen LogP contribution < -0.4 is 0 Å². The zero-order valence-corrected chi connectivity index (χ0v) is 9.16. The number of likely N-dealkylation sites (tertiary alicyclic amines) is 1. The summed E-state index contributed by atoms with van der Waals surface area (Å²) in [5, 5.41) is 19.0. The monoisotopic (exact) mass is 196 g/mol. The molecule has 1 N–H and O–H groups in total. The van der Waals surface area contributed by atoms with Gasteiger partial charge in [0.1, 0.15) is 0 Å². The van der Waals surface area contributed by atoms with Crippen LogP contribution in [0.4, 0.5) is 0 Å². The Morgan fingerprint density at radius 2 is 2.07 bits per heavy atom. The molecule has 1 heterocycles. The first kappa shape index (κ1) is 11.5. The standard InChI is InChI=1S/C11H20N2O/c1-3-6-13-7-4-11(14,5-8-13)10(2)9-12/h10,14H,3-8H2,1-2H3. The maximum Gasteiger partial charge on any atom is 0.0826 e. The summed E-state index contributed by atoms with van der Waals surface area (Å²) in [6.07, 6.45) is 2.63. The third-order valence-corrected chi connectivity index (χ3v) is 3.26. The van der Waals surface area contributed by atoms with Crippen LogP contribution in [0.1, 0.15) is 33.1 Å². The van der Waals surface area contributed by atoms with E-state index in [-0.39, 0.29) is 5.92 Å². The van der Waals surface area contributed by atoms with Gasteiger partial charge in [0, 0.05) is 13.1 Å². The van der Waals surface area contributed by atoms with E-state index < -0.39 is 5.60 Å². The highest BCUT2D eigenvalue weighted by molar-refractivity contribution is 4.98. The van der Waals surface area contributed by atoms with E-state index in [1.807, 2.05) is 6.92 Å². The van der Waals surface area contributed by atoms with E-state index in [9.17, 15) is 5.11 Å². The summed E-state index contributed by atoms with van der Waals surface area (Å²) >= 11 is 0. The lowest BCUT2D eigenvalue weighted by Crippen LogP contribution is -2.47. The first-order valence-electron chi connectivity index (χ1n) is 5.46. The van der Waals surface area contributed by atoms with Crippen LogP contribution in [0.2, 0.25) is 0 Å². The van der Waals surface area contributed by atoms with E-state index in [2.05, 4.69) is 17.9 Å². The van der Waals surface area contributed by atoms with Crippen LogP contribution in [0.15, 0.2) is 0 Å². The van der Waals surface area contributed by atoms with Crippen molar-refractivity contribution in [3.8, 4) is 6.07 Å². The van der Waals surface area contributed by atoms with E-state index in [0.717, 1.165) is 38.9 Å². The second-order valence-electron chi connectivity index (χ2n) is 4.30. The Kier molecular flexibility index (Phi) is 3.91. The number of hydrogen-bond donors (Lipinski definition) is 1. The normalized spacial score (nSPS) is 24.1. The van der Waals surface area contributed by atoms with Crippen molar-refractivity contribution in [1.82, 2.24) is 4.90 Å². The van der Waals surface area contributed by atoms with Gasteiger partial charge in [-0.2, -0.15) is 5.26 Å². The molecular weight excluding hydrogens is 176 g/mol. The quantitative estimate of drug-likeness (QED) is 0.742. The zero-order valence-electron chi connectivity index (χ0n) is 9.16. The first-order valence-corrected chi connectivity index (χ1v) is 5.46. The van der Waals surface area contributed by atoms with Crippen LogP contribution in [0.25, 0.3) is 0 Å². The molecule has 1 unspecified atom stereocenters. The molecule has 14 heavy (non-hydrogen) atoms. The largest absolute Gasteiger partial charge is 0.388 e. The number of aliphatic hydroxyl groups is 1. The second-order valence-corrected chi connectivity index (χ2v) is 4.30. The molecular formula is C11H20N2O. The lowest BCUT2D eigenvalue weighted by atomic mass is 9.81. The molecule has 0 aliphatic carbocycles. The van der Waals surface area contributed by atoms with E-state index >= 15 is 0 Å². The van der Waals surface area contributed by atoms with Gasteiger partial charge in [-0.05, 0) is 32.7 Å². The number of rotatable bonds is 3. The van der Waals surface area contributed by atoms with Gasteiger partial charge < -0.3 is 10.0 Å². The zero-order chi connectivity index (χ0) is 10.6. The Bertz CT molecular complexity index is 214. The Hall–Kier alpha value is -0.590. The fourth-order valence-corrected chi connectivity index (χ4v) is 2.03. The van der Waals surface area contributed by atoms with Crippen LogP contribution in [-0.4, -0.2) is 35.2 Å². The predicted molar refractivity (Wildman–Crippen MR) is 55.7 cm³/mol. The summed E-state index contributed by atoms with van der Waals surface area (Å²) in [6, 6.07) is 2.15. The molecule has 1 aliphatic rings. The van der Waals surface area contributed by atoms with Gasteiger partial charge in [-0.3, -0.25) is 0 Å². The van der Waals surface area contributed by atoms with Crippen LogP contribution in [0.3, 0.4) is 0 Å². The van der Waals surface area contributed by atoms with Crippen molar-refractivity contribution in [1.29, 1.82) is 5.26 Å². The lowest BCUT2D eigenvalue weighted by molar-refractivity contribution is -0.0459. The molecule has 1 fully saturated rings. The van der Waals surface area contributed by atoms with E-state index in [0.29, 0.717) is 0 Å². The Morgan fingerprint density at radius 3 is 2.50 bits per heavy atom. The summed E-state index contributed by atoms with van der Waals surface area (Å²) in [4.78, 5) is 2.36. The highest BCUT2D eigenvalue weighted by Gasteiger charge is 2.37. The number of nitrogens with zero attached hydrogens (tertiary/aromatic N) is 2. The van der Waals surface area contributed by atoms with E-state index in [1.54, 1.807) is 0 Å². The maximum absolute atomic E-state index is 10.2.